The third-order valence-electron chi connectivity index (χ3n) is 1.74. The van der Waals surface area contributed by atoms with Gasteiger partial charge in [-0.3, -0.25) is 0 Å². The summed E-state index contributed by atoms with van der Waals surface area (Å²) in [7, 11) is 4.17. The highest BCUT2D eigenvalue weighted by Gasteiger charge is 2.07. The van der Waals surface area contributed by atoms with Gasteiger partial charge in [0.2, 0.25) is 0 Å². The van der Waals surface area contributed by atoms with E-state index in [2.05, 4.69) is 81.8 Å². The number of hydrogen-bond donors (Lipinski definition) is 0. The molecule has 0 heterocycles. The van der Waals surface area contributed by atoms with Crippen LogP contribution in [0.25, 0.3) is 0 Å². The third-order valence-corrected chi connectivity index (χ3v) is 3.23. The predicted octanol–water partition coefficient (Wildman–Crippen LogP) is 3.29. The summed E-state index contributed by atoms with van der Waals surface area (Å²) in [5.41, 5.74) is 1.35. The molecule has 0 saturated heterocycles. The standard InChI is InChI=1S/C10H13BrIN/c1-13(2)7-10(11)8-4-3-5-9(12)6-8/h3-6,10H,7H2,1-2H3. The Labute approximate surface area is 102 Å². The van der Waals surface area contributed by atoms with Crippen molar-refractivity contribution >= 4 is 38.5 Å². The first kappa shape index (κ1) is 11.5. The molecule has 0 aliphatic heterocycles. The molecule has 1 aromatic rings. The van der Waals surface area contributed by atoms with Gasteiger partial charge in [0.1, 0.15) is 0 Å². The van der Waals surface area contributed by atoms with E-state index in [-0.39, 0.29) is 0 Å². The summed E-state index contributed by atoms with van der Waals surface area (Å²) < 4.78 is 1.29. The van der Waals surface area contributed by atoms with Gasteiger partial charge in [-0.15, -0.1) is 0 Å². The van der Waals surface area contributed by atoms with E-state index in [4.69, 9.17) is 0 Å². The zero-order valence-corrected chi connectivity index (χ0v) is 11.5. The van der Waals surface area contributed by atoms with E-state index in [1.54, 1.807) is 0 Å². The summed E-state index contributed by atoms with van der Waals surface area (Å²) in [6, 6.07) is 8.58. The second-order valence-electron chi connectivity index (χ2n) is 3.28. The average Bonchev–Trinajstić information content (AvgIpc) is 2.03. The van der Waals surface area contributed by atoms with E-state index in [9.17, 15) is 0 Å². The van der Waals surface area contributed by atoms with Crippen LogP contribution in [0.15, 0.2) is 24.3 Å². The lowest BCUT2D eigenvalue weighted by molar-refractivity contribution is 0.412. The molecule has 1 aromatic carbocycles. The van der Waals surface area contributed by atoms with Crippen LogP contribution >= 0.6 is 38.5 Å². The zero-order valence-electron chi connectivity index (χ0n) is 7.80. The van der Waals surface area contributed by atoms with Crippen molar-refractivity contribution in [2.45, 2.75) is 4.83 Å². The van der Waals surface area contributed by atoms with Crippen LogP contribution in [0.3, 0.4) is 0 Å². The molecule has 3 heteroatoms. The molecule has 0 spiro atoms. The molecule has 0 amide bonds. The summed E-state index contributed by atoms with van der Waals surface area (Å²) in [5.74, 6) is 0. The van der Waals surface area contributed by atoms with Crippen molar-refractivity contribution in [1.82, 2.24) is 4.90 Å². The Morgan fingerprint density at radius 1 is 1.46 bits per heavy atom. The van der Waals surface area contributed by atoms with Crippen LogP contribution < -0.4 is 0 Å². The highest BCUT2D eigenvalue weighted by atomic mass is 127. The highest BCUT2D eigenvalue weighted by Crippen LogP contribution is 2.24. The SMILES string of the molecule is CN(C)CC(Br)c1cccc(I)c1. The lowest BCUT2D eigenvalue weighted by atomic mass is 10.1. The van der Waals surface area contributed by atoms with Crippen LogP contribution in [0.1, 0.15) is 10.4 Å². The van der Waals surface area contributed by atoms with Gasteiger partial charge in [-0.2, -0.15) is 0 Å². The molecule has 0 fully saturated rings. The molecular weight excluding hydrogens is 341 g/mol. The first-order chi connectivity index (χ1) is 6.09. The van der Waals surface area contributed by atoms with E-state index >= 15 is 0 Å². The van der Waals surface area contributed by atoms with E-state index in [0.29, 0.717) is 4.83 Å². The summed E-state index contributed by atoms with van der Waals surface area (Å²) in [4.78, 5) is 2.61. The minimum atomic E-state index is 0.428. The number of rotatable bonds is 3. The third kappa shape index (κ3) is 3.95. The smallest absolute Gasteiger partial charge is 0.0522 e. The Kier molecular flexibility index (Phi) is 4.69. The van der Waals surface area contributed by atoms with Crippen LogP contribution in [0.4, 0.5) is 0 Å². The van der Waals surface area contributed by atoms with Crippen molar-refractivity contribution < 1.29 is 0 Å². The maximum Gasteiger partial charge on any atom is 0.0522 e. The van der Waals surface area contributed by atoms with E-state index < -0.39 is 0 Å². The average molecular weight is 354 g/mol. The molecular formula is C10H13BrIN. The Hall–Kier alpha value is 0.390. The first-order valence-electron chi connectivity index (χ1n) is 4.14. The van der Waals surface area contributed by atoms with Gasteiger partial charge >= 0.3 is 0 Å². The number of hydrogen-bond acceptors (Lipinski definition) is 1. The number of alkyl halides is 1. The zero-order chi connectivity index (χ0) is 9.84. The van der Waals surface area contributed by atoms with Crippen LogP contribution in [0, 0.1) is 3.57 Å². The van der Waals surface area contributed by atoms with Gasteiger partial charge in [-0.25, -0.2) is 0 Å². The largest absolute Gasteiger partial charge is 0.308 e. The van der Waals surface area contributed by atoms with Gasteiger partial charge in [0, 0.05) is 10.1 Å². The first-order valence-corrected chi connectivity index (χ1v) is 6.13. The van der Waals surface area contributed by atoms with Gasteiger partial charge in [0.15, 0.2) is 0 Å². The van der Waals surface area contributed by atoms with Gasteiger partial charge in [-0.05, 0) is 54.4 Å². The summed E-state index contributed by atoms with van der Waals surface area (Å²) in [6.45, 7) is 1.03. The summed E-state index contributed by atoms with van der Waals surface area (Å²) in [6.07, 6.45) is 0. The lowest BCUT2D eigenvalue weighted by Gasteiger charge is -2.15. The molecule has 72 valence electrons. The van der Waals surface area contributed by atoms with Crippen molar-refractivity contribution in [3.63, 3.8) is 0 Å². The summed E-state index contributed by atoms with van der Waals surface area (Å²) in [5, 5.41) is 0. The number of likely N-dealkylation sites (N-methyl/N-ethyl adjacent to an activating group) is 1. The van der Waals surface area contributed by atoms with E-state index in [1.165, 1.54) is 9.13 Å². The maximum atomic E-state index is 3.68. The molecule has 0 radical (unpaired) electrons. The molecule has 0 saturated carbocycles. The predicted molar refractivity (Wildman–Crippen MR) is 69.4 cm³/mol. The van der Waals surface area contributed by atoms with Crippen molar-refractivity contribution in [3.05, 3.63) is 33.4 Å². The molecule has 1 nitrogen and oxygen atoms in total. The normalized spacial score (nSPS) is 13.3. The van der Waals surface area contributed by atoms with Crippen LogP contribution in [0.5, 0.6) is 0 Å². The Bertz CT molecular complexity index is 275. The van der Waals surface area contributed by atoms with Gasteiger partial charge < -0.3 is 4.90 Å². The van der Waals surface area contributed by atoms with Gasteiger partial charge in [0.25, 0.3) is 0 Å². The number of halogens is 2. The molecule has 1 rings (SSSR count). The topological polar surface area (TPSA) is 3.24 Å². The van der Waals surface area contributed by atoms with E-state index in [0.717, 1.165) is 6.54 Å². The molecule has 0 N–H and O–H groups in total. The molecule has 13 heavy (non-hydrogen) atoms. The Balaban J connectivity index is 2.71. The van der Waals surface area contributed by atoms with Crippen molar-refractivity contribution in [3.8, 4) is 0 Å². The lowest BCUT2D eigenvalue weighted by Crippen LogP contribution is -2.16. The second kappa shape index (κ2) is 5.32. The van der Waals surface area contributed by atoms with Crippen molar-refractivity contribution in [2.75, 3.05) is 20.6 Å². The molecule has 1 unspecified atom stereocenters. The van der Waals surface area contributed by atoms with Crippen LogP contribution in [-0.2, 0) is 0 Å². The molecule has 0 aromatic heterocycles. The quantitative estimate of drug-likeness (QED) is 0.595. The number of benzene rings is 1. The van der Waals surface area contributed by atoms with Crippen molar-refractivity contribution in [2.24, 2.45) is 0 Å². The highest BCUT2D eigenvalue weighted by molar-refractivity contribution is 14.1. The fourth-order valence-corrected chi connectivity index (χ4v) is 2.56. The number of nitrogens with zero attached hydrogens (tertiary/aromatic N) is 1. The molecule has 0 aliphatic rings. The van der Waals surface area contributed by atoms with Crippen LogP contribution in [0.2, 0.25) is 0 Å². The Morgan fingerprint density at radius 2 is 2.15 bits per heavy atom. The monoisotopic (exact) mass is 353 g/mol. The van der Waals surface area contributed by atoms with E-state index in [1.807, 2.05) is 0 Å². The van der Waals surface area contributed by atoms with Crippen molar-refractivity contribution in [1.29, 1.82) is 0 Å². The van der Waals surface area contributed by atoms with Gasteiger partial charge in [-0.1, -0.05) is 28.1 Å². The minimum Gasteiger partial charge on any atom is -0.308 e. The fraction of sp³-hybridized carbons (Fsp3) is 0.400. The van der Waals surface area contributed by atoms with Gasteiger partial charge in [0.05, 0.1) is 4.83 Å². The Morgan fingerprint density at radius 3 is 2.69 bits per heavy atom. The minimum absolute atomic E-state index is 0.428. The molecule has 0 bridgehead atoms. The summed E-state index contributed by atoms with van der Waals surface area (Å²) >= 11 is 6.01. The second-order valence-corrected chi connectivity index (χ2v) is 5.64. The maximum absolute atomic E-state index is 3.68. The van der Waals surface area contributed by atoms with Crippen LogP contribution in [-0.4, -0.2) is 25.5 Å². The fourth-order valence-electron chi connectivity index (χ4n) is 1.13. The molecule has 0 aliphatic carbocycles. The molecule has 1 atom stereocenters.